The fraction of sp³-hybridized carbons (Fsp3) is 0.444. The van der Waals surface area contributed by atoms with E-state index in [1.165, 1.54) is 16.9 Å². The van der Waals surface area contributed by atoms with Crippen molar-refractivity contribution in [2.75, 3.05) is 13.6 Å². The second kappa shape index (κ2) is 6.42. The molecule has 0 radical (unpaired) electrons. The Kier molecular flexibility index (Phi) is 4.50. The van der Waals surface area contributed by atoms with Gasteiger partial charge in [-0.25, -0.2) is 4.98 Å². The number of amides is 1. The van der Waals surface area contributed by atoms with E-state index in [9.17, 15) is 9.90 Å². The molecule has 23 heavy (non-hydrogen) atoms. The second-order valence-electron chi connectivity index (χ2n) is 6.45. The first-order valence-corrected chi connectivity index (χ1v) is 8.80. The number of thiazole rings is 1. The number of carbonyl (C=O) groups excluding carboxylic acids is 1. The third-order valence-corrected chi connectivity index (χ3v) is 5.18. The number of aliphatic hydroxyl groups excluding tert-OH is 1. The van der Waals surface area contributed by atoms with Gasteiger partial charge in [-0.1, -0.05) is 23.8 Å². The Bertz CT molecular complexity index is 722. The van der Waals surface area contributed by atoms with Gasteiger partial charge in [0.25, 0.3) is 5.91 Å². The number of carbonyl (C=O) groups is 1. The smallest absolute Gasteiger partial charge is 0.273 e. The molecule has 0 spiro atoms. The van der Waals surface area contributed by atoms with Gasteiger partial charge in [0.15, 0.2) is 0 Å². The maximum atomic E-state index is 12.5. The van der Waals surface area contributed by atoms with Crippen LogP contribution in [0.2, 0.25) is 0 Å². The zero-order valence-electron chi connectivity index (χ0n) is 13.7. The Morgan fingerprint density at radius 2 is 2.17 bits per heavy atom. The highest BCUT2D eigenvalue weighted by Crippen LogP contribution is 2.33. The quantitative estimate of drug-likeness (QED) is 0.915. The van der Waals surface area contributed by atoms with Gasteiger partial charge < -0.3 is 10.0 Å². The molecule has 2 aromatic rings. The lowest BCUT2D eigenvalue weighted by molar-refractivity contribution is 0.0641. The maximum absolute atomic E-state index is 12.5. The molecule has 0 saturated heterocycles. The van der Waals surface area contributed by atoms with Crippen molar-refractivity contribution >= 4 is 17.2 Å². The van der Waals surface area contributed by atoms with Gasteiger partial charge >= 0.3 is 0 Å². The van der Waals surface area contributed by atoms with Crippen molar-refractivity contribution in [1.29, 1.82) is 0 Å². The molecule has 3 rings (SSSR count). The van der Waals surface area contributed by atoms with Crippen LogP contribution in [0.5, 0.6) is 0 Å². The Morgan fingerprint density at radius 3 is 2.83 bits per heavy atom. The van der Waals surface area contributed by atoms with Crippen molar-refractivity contribution in [3.63, 3.8) is 0 Å². The lowest BCUT2D eigenvalue weighted by Crippen LogP contribution is -2.35. The van der Waals surface area contributed by atoms with Gasteiger partial charge in [0.2, 0.25) is 0 Å². The summed E-state index contributed by atoms with van der Waals surface area (Å²) >= 11 is 1.48. The Hall–Kier alpha value is -1.72. The molecule has 1 aromatic carbocycles. The molecule has 1 aliphatic carbocycles. The topological polar surface area (TPSA) is 53.4 Å². The van der Waals surface area contributed by atoms with E-state index in [1.807, 2.05) is 0 Å². The van der Waals surface area contributed by atoms with Gasteiger partial charge in [-0.15, -0.1) is 11.3 Å². The van der Waals surface area contributed by atoms with Crippen LogP contribution in [0.3, 0.4) is 0 Å². The monoisotopic (exact) mass is 330 g/mol. The van der Waals surface area contributed by atoms with Crippen molar-refractivity contribution in [3.05, 3.63) is 40.4 Å². The first kappa shape index (κ1) is 16.1. The largest absolute Gasteiger partial charge is 0.391 e. The summed E-state index contributed by atoms with van der Waals surface area (Å²) < 4.78 is 0. The number of hydrogen-bond acceptors (Lipinski definition) is 4. The summed E-state index contributed by atoms with van der Waals surface area (Å²) in [5.41, 5.74) is 3.90. The number of aromatic nitrogens is 1. The fourth-order valence-electron chi connectivity index (χ4n) is 2.74. The van der Waals surface area contributed by atoms with E-state index in [0.717, 1.165) is 29.0 Å². The molecule has 1 aromatic heterocycles. The summed E-state index contributed by atoms with van der Waals surface area (Å²) in [5.74, 6) is 0.239. The minimum absolute atomic E-state index is 0.128. The Balaban J connectivity index is 1.74. The number of aryl methyl sites for hydroxylation is 2. The molecule has 1 saturated carbocycles. The first-order valence-electron chi connectivity index (χ1n) is 7.92. The molecule has 0 bridgehead atoms. The van der Waals surface area contributed by atoms with Crippen LogP contribution in [0.1, 0.15) is 34.5 Å². The summed E-state index contributed by atoms with van der Waals surface area (Å²) in [6.45, 7) is 4.50. The van der Waals surface area contributed by atoms with Gasteiger partial charge in [0, 0.05) is 24.5 Å². The molecular formula is C18H22N2O2S. The highest BCUT2D eigenvalue weighted by atomic mass is 32.1. The van der Waals surface area contributed by atoms with Crippen molar-refractivity contribution in [1.82, 2.24) is 9.88 Å². The average Bonchev–Trinajstić information content (AvgIpc) is 3.25. The predicted octanol–water partition coefficient (Wildman–Crippen LogP) is 3.27. The molecule has 4 nitrogen and oxygen atoms in total. The van der Waals surface area contributed by atoms with E-state index >= 15 is 0 Å². The zero-order valence-corrected chi connectivity index (χ0v) is 14.6. The lowest BCUT2D eigenvalue weighted by atomic mass is 10.1. The highest BCUT2D eigenvalue weighted by molar-refractivity contribution is 7.13. The van der Waals surface area contributed by atoms with Gasteiger partial charge in [0.1, 0.15) is 10.7 Å². The van der Waals surface area contributed by atoms with Crippen molar-refractivity contribution in [2.24, 2.45) is 5.92 Å². The van der Waals surface area contributed by atoms with E-state index in [-0.39, 0.29) is 5.91 Å². The minimum Gasteiger partial charge on any atom is -0.391 e. The van der Waals surface area contributed by atoms with Crippen LogP contribution < -0.4 is 0 Å². The molecule has 0 aliphatic heterocycles. The Labute approximate surface area is 140 Å². The molecule has 122 valence electrons. The molecule has 1 atom stereocenters. The van der Waals surface area contributed by atoms with Crippen molar-refractivity contribution < 1.29 is 9.90 Å². The zero-order chi connectivity index (χ0) is 16.6. The van der Waals surface area contributed by atoms with Crippen LogP contribution in [-0.4, -0.2) is 40.6 Å². The van der Waals surface area contributed by atoms with E-state index in [4.69, 9.17) is 0 Å². The number of rotatable bonds is 5. The second-order valence-corrected chi connectivity index (χ2v) is 7.30. The molecular weight excluding hydrogens is 308 g/mol. The molecule has 1 N–H and O–H groups in total. The van der Waals surface area contributed by atoms with Gasteiger partial charge in [-0.05, 0) is 38.2 Å². The van der Waals surface area contributed by atoms with Crippen LogP contribution >= 0.6 is 11.3 Å². The maximum Gasteiger partial charge on any atom is 0.273 e. The van der Waals surface area contributed by atoms with Crippen LogP contribution in [0.15, 0.2) is 23.6 Å². The number of likely N-dealkylation sites (N-methyl/N-ethyl adjacent to an activating group) is 1. The van der Waals surface area contributed by atoms with E-state index < -0.39 is 6.10 Å². The molecule has 5 heteroatoms. The van der Waals surface area contributed by atoms with Crippen LogP contribution in [-0.2, 0) is 0 Å². The van der Waals surface area contributed by atoms with Crippen molar-refractivity contribution in [2.45, 2.75) is 32.8 Å². The van der Waals surface area contributed by atoms with Crippen molar-refractivity contribution in [3.8, 4) is 10.6 Å². The first-order chi connectivity index (χ1) is 11.0. The summed E-state index contributed by atoms with van der Waals surface area (Å²) in [6.07, 6.45) is 1.72. The average molecular weight is 330 g/mol. The van der Waals surface area contributed by atoms with E-state index in [0.29, 0.717) is 18.2 Å². The highest BCUT2D eigenvalue weighted by Gasteiger charge is 2.31. The minimum atomic E-state index is -0.415. The summed E-state index contributed by atoms with van der Waals surface area (Å²) in [4.78, 5) is 18.5. The molecule has 1 aliphatic rings. The summed E-state index contributed by atoms with van der Waals surface area (Å²) in [6, 6.07) is 6.23. The molecule has 1 amide bonds. The van der Waals surface area contributed by atoms with Gasteiger partial charge in [-0.3, -0.25) is 4.79 Å². The van der Waals surface area contributed by atoms with E-state index in [2.05, 4.69) is 37.0 Å². The fourth-order valence-corrected chi connectivity index (χ4v) is 3.62. The van der Waals surface area contributed by atoms with Crippen LogP contribution in [0.25, 0.3) is 10.6 Å². The molecule has 1 unspecified atom stereocenters. The van der Waals surface area contributed by atoms with E-state index in [1.54, 1.807) is 17.3 Å². The molecule has 1 heterocycles. The molecule has 1 fully saturated rings. The SMILES string of the molecule is Cc1ccc(-c2nc(C(=O)N(C)CC(O)C3CC3)cs2)c(C)c1. The lowest BCUT2D eigenvalue weighted by Gasteiger charge is -2.19. The van der Waals surface area contributed by atoms with Gasteiger partial charge in [0.05, 0.1) is 6.10 Å². The number of benzene rings is 1. The van der Waals surface area contributed by atoms with Crippen LogP contribution in [0, 0.1) is 19.8 Å². The number of hydrogen-bond donors (Lipinski definition) is 1. The number of aliphatic hydroxyl groups is 1. The standard InChI is InChI=1S/C18H22N2O2S/c1-11-4-7-14(12(2)8-11)17-19-15(10-23-17)18(22)20(3)9-16(21)13-5-6-13/h4,7-8,10,13,16,21H,5-6,9H2,1-3H3. The summed E-state index contributed by atoms with van der Waals surface area (Å²) in [5, 5.41) is 12.7. The Morgan fingerprint density at radius 1 is 1.43 bits per heavy atom. The third kappa shape index (κ3) is 3.62. The van der Waals surface area contributed by atoms with Crippen LogP contribution in [0.4, 0.5) is 0 Å². The third-order valence-electron chi connectivity index (χ3n) is 4.31. The normalized spacial score (nSPS) is 15.5. The summed E-state index contributed by atoms with van der Waals surface area (Å²) in [7, 11) is 1.73. The predicted molar refractivity (Wildman–Crippen MR) is 92.7 cm³/mol. The number of nitrogens with zero attached hydrogens (tertiary/aromatic N) is 2. The van der Waals surface area contributed by atoms with Gasteiger partial charge in [-0.2, -0.15) is 0 Å².